The summed E-state index contributed by atoms with van der Waals surface area (Å²) in [6.07, 6.45) is 5.24. The summed E-state index contributed by atoms with van der Waals surface area (Å²) in [6, 6.07) is 23.4. The van der Waals surface area contributed by atoms with Crippen LogP contribution in [0.25, 0.3) is 0 Å². The van der Waals surface area contributed by atoms with Gasteiger partial charge in [-0.05, 0) is 55.6 Å². The number of rotatable bonds is 15. The fraction of sp³-hybridized carbons (Fsp3) is 0.471. The summed E-state index contributed by atoms with van der Waals surface area (Å²) >= 11 is 3.44. The number of hydrogen-bond acceptors (Lipinski definition) is 6. The molecule has 0 fully saturated rings. The van der Waals surface area contributed by atoms with Crippen LogP contribution in [0.1, 0.15) is 35.8 Å². The van der Waals surface area contributed by atoms with Gasteiger partial charge in [0, 0.05) is 56.5 Å². The Bertz CT molecular complexity index is 1480. The van der Waals surface area contributed by atoms with Crippen LogP contribution in [-0.2, 0) is 29.4 Å². The third kappa shape index (κ3) is 9.23. The van der Waals surface area contributed by atoms with E-state index >= 15 is 0 Å². The minimum atomic E-state index is -1.19. The van der Waals surface area contributed by atoms with Crippen molar-refractivity contribution in [2.24, 2.45) is 0 Å². The molecule has 0 amide bonds. The van der Waals surface area contributed by atoms with Crippen LogP contribution >= 0.6 is 23.5 Å². The predicted octanol–water partition coefficient (Wildman–Crippen LogP) is 9.47. The highest BCUT2D eigenvalue weighted by Gasteiger charge is 2.32. The van der Waals surface area contributed by atoms with Gasteiger partial charge in [-0.3, -0.25) is 9.13 Å². The molecule has 44 heavy (non-hydrogen) atoms. The fourth-order valence-corrected chi connectivity index (χ4v) is 8.56. The molecule has 0 spiro atoms. The minimum Gasteiger partial charge on any atom is -0.361 e. The van der Waals surface area contributed by atoms with Gasteiger partial charge in [-0.15, -0.1) is 0 Å². The summed E-state index contributed by atoms with van der Waals surface area (Å²) in [5.74, 6) is 0.162. The molecule has 0 bridgehead atoms. The molecule has 2 aromatic heterocycles. The van der Waals surface area contributed by atoms with Crippen molar-refractivity contribution in [2.75, 3.05) is 13.2 Å². The summed E-state index contributed by atoms with van der Waals surface area (Å²) in [7, 11) is -2.36. The lowest BCUT2D eigenvalue weighted by atomic mass is 9.87. The molecule has 0 saturated carbocycles. The van der Waals surface area contributed by atoms with E-state index in [9.17, 15) is 0 Å². The summed E-state index contributed by atoms with van der Waals surface area (Å²) in [5, 5.41) is 1.98. The Labute approximate surface area is 274 Å². The Kier molecular flexibility index (Phi) is 11.3. The maximum absolute atomic E-state index is 6.35. The first-order valence-electron chi connectivity index (χ1n) is 15.8. The first-order chi connectivity index (χ1) is 21.1. The van der Waals surface area contributed by atoms with Gasteiger partial charge in [0.1, 0.15) is 13.5 Å². The van der Waals surface area contributed by atoms with Gasteiger partial charge < -0.3 is 9.47 Å². The molecule has 1 aliphatic carbocycles. The van der Waals surface area contributed by atoms with Crippen molar-refractivity contribution in [1.82, 2.24) is 19.1 Å². The van der Waals surface area contributed by atoms with Crippen molar-refractivity contribution in [1.29, 1.82) is 0 Å². The Hall–Kier alpha value is -2.09. The first kappa shape index (κ1) is 33.3. The highest BCUT2D eigenvalue weighted by molar-refractivity contribution is 7.99. The molecule has 236 valence electrons. The van der Waals surface area contributed by atoms with Crippen LogP contribution in [-0.4, -0.2) is 48.5 Å². The van der Waals surface area contributed by atoms with E-state index in [-0.39, 0.29) is 5.92 Å². The van der Waals surface area contributed by atoms with Crippen molar-refractivity contribution < 1.29 is 9.47 Å². The zero-order chi connectivity index (χ0) is 31.2. The van der Waals surface area contributed by atoms with Gasteiger partial charge in [0.2, 0.25) is 0 Å². The Morgan fingerprint density at radius 1 is 0.750 bits per heavy atom. The number of aromatic nitrogens is 4. The number of benzene rings is 2. The smallest absolute Gasteiger partial charge is 0.175 e. The second-order valence-electron chi connectivity index (χ2n) is 14.0. The number of nitrogens with zero attached hydrogens (tertiary/aromatic N) is 4. The number of ether oxygens (including phenoxy) is 2. The molecule has 5 rings (SSSR count). The molecule has 6 nitrogen and oxygen atoms in total. The minimum absolute atomic E-state index is 0.162. The average Bonchev–Trinajstić information content (AvgIpc) is 3.54. The van der Waals surface area contributed by atoms with Crippen molar-refractivity contribution in [3.63, 3.8) is 0 Å². The third-order valence-corrected chi connectivity index (χ3v) is 13.3. The van der Waals surface area contributed by atoms with Crippen LogP contribution in [0.15, 0.2) is 87.0 Å². The Morgan fingerprint density at radius 2 is 1.30 bits per heavy atom. The van der Waals surface area contributed by atoms with E-state index in [0.717, 1.165) is 54.9 Å². The summed E-state index contributed by atoms with van der Waals surface area (Å²) in [6.45, 7) is 17.0. The predicted molar refractivity (Wildman–Crippen MR) is 189 cm³/mol. The van der Waals surface area contributed by atoms with E-state index in [1.807, 2.05) is 0 Å². The number of imidazole rings is 2. The van der Waals surface area contributed by atoms with Crippen molar-refractivity contribution in [3.8, 4) is 0 Å². The normalized spacial score (nSPS) is 15.5. The molecule has 1 atom stereocenters. The Morgan fingerprint density at radius 3 is 1.86 bits per heavy atom. The number of fused-ring (bicyclic) bond motifs is 1. The Balaban J connectivity index is 1.46. The summed E-state index contributed by atoms with van der Waals surface area (Å²) in [4.78, 5) is 12.7. The van der Waals surface area contributed by atoms with Gasteiger partial charge >= 0.3 is 0 Å². The molecule has 4 aromatic rings. The molecule has 2 heterocycles. The SMILES string of the molecule is C[Si](C)(C)CCOCn1c([C@@H]2CCCc3c2nc(Sc2ccccc2)n3COCC[Si](C)(C)C)cnc1Sc1ccccc1. The lowest BCUT2D eigenvalue weighted by Crippen LogP contribution is -2.23. The van der Waals surface area contributed by atoms with Gasteiger partial charge in [-0.1, -0.05) is 99.2 Å². The molecule has 0 N–H and O–H groups in total. The van der Waals surface area contributed by atoms with Crippen molar-refractivity contribution in [2.45, 2.75) is 110 Å². The van der Waals surface area contributed by atoms with Crippen molar-refractivity contribution >= 4 is 39.7 Å². The molecule has 1 aliphatic rings. The fourth-order valence-electron chi connectivity index (χ4n) is 5.25. The van der Waals surface area contributed by atoms with Crippen LogP contribution in [0.2, 0.25) is 51.4 Å². The van der Waals surface area contributed by atoms with Gasteiger partial charge in [0.25, 0.3) is 0 Å². The maximum atomic E-state index is 6.35. The molecular weight excluding hydrogens is 617 g/mol. The highest BCUT2D eigenvalue weighted by atomic mass is 32.2. The van der Waals surface area contributed by atoms with Crippen LogP contribution in [0.4, 0.5) is 0 Å². The molecule has 0 unspecified atom stereocenters. The zero-order valence-electron chi connectivity index (χ0n) is 27.2. The molecule has 0 saturated heterocycles. The maximum Gasteiger partial charge on any atom is 0.175 e. The molecule has 0 radical (unpaired) electrons. The van der Waals surface area contributed by atoms with Crippen LogP contribution in [0.3, 0.4) is 0 Å². The lowest BCUT2D eigenvalue weighted by molar-refractivity contribution is 0.0778. The molecule has 10 heteroatoms. The average molecular weight is 665 g/mol. The molecular formula is C34H48N4O2S2Si2. The van der Waals surface area contributed by atoms with Gasteiger partial charge in [0.15, 0.2) is 10.3 Å². The second kappa shape index (κ2) is 15.0. The summed E-state index contributed by atoms with van der Waals surface area (Å²) < 4.78 is 17.3. The quantitative estimate of drug-likeness (QED) is 0.0932. The van der Waals surface area contributed by atoms with Gasteiger partial charge in [0.05, 0.1) is 11.9 Å². The van der Waals surface area contributed by atoms with E-state index in [1.165, 1.54) is 26.9 Å². The van der Waals surface area contributed by atoms with Gasteiger partial charge in [-0.25, -0.2) is 9.97 Å². The summed E-state index contributed by atoms with van der Waals surface area (Å²) in [5.41, 5.74) is 3.67. The van der Waals surface area contributed by atoms with Crippen molar-refractivity contribution in [3.05, 3.63) is 83.9 Å². The lowest BCUT2D eigenvalue weighted by Gasteiger charge is -2.25. The standard InChI is InChI=1S/C34H48N4O2S2Si2/c1-43(2,3)22-20-39-25-37-30-19-13-18-29(32(30)36-34(37)42-28-16-11-8-12-17-28)31-24-35-33(41-27-14-9-7-10-15-27)38(31)26-40-21-23-44(4,5)6/h7-12,14-17,24,29H,13,18-23,25-26H2,1-6H3/t29-/m0/s1. The van der Waals surface area contributed by atoms with Crippen LogP contribution in [0.5, 0.6) is 0 Å². The third-order valence-electron chi connectivity index (χ3n) is 7.85. The van der Waals surface area contributed by atoms with E-state index in [4.69, 9.17) is 19.4 Å². The molecule has 2 aromatic carbocycles. The second-order valence-corrected chi connectivity index (χ2v) is 27.3. The van der Waals surface area contributed by atoms with Gasteiger partial charge in [-0.2, -0.15) is 0 Å². The monoisotopic (exact) mass is 664 g/mol. The zero-order valence-corrected chi connectivity index (χ0v) is 30.8. The molecule has 0 aliphatic heterocycles. The van der Waals surface area contributed by atoms with E-state index < -0.39 is 16.1 Å². The van der Waals surface area contributed by atoms with E-state index in [0.29, 0.717) is 13.5 Å². The first-order valence-corrected chi connectivity index (χ1v) is 24.9. The van der Waals surface area contributed by atoms with Crippen LogP contribution < -0.4 is 0 Å². The topological polar surface area (TPSA) is 54.1 Å². The number of hydrogen-bond donors (Lipinski definition) is 0. The largest absolute Gasteiger partial charge is 0.361 e. The highest BCUT2D eigenvalue weighted by Crippen LogP contribution is 2.41. The van der Waals surface area contributed by atoms with E-state index in [2.05, 4.69) is 115 Å². The van der Waals surface area contributed by atoms with Crippen LogP contribution in [0, 0.1) is 0 Å². The van der Waals surface area contributed by atoms with E-state index in [1.54, 1.807) is 23.5 Å².